The standard InChI is InChI=1S/C23H27N5O2S/c1-16-7-6-9-19(17(16)2)27-11-13-28(14-12-27)22(29)15-21-25-26-23(31-21)24-18-8-4-5-10-20(18)30-3/h4-10H,11-15H2,1-3H3,(H,24,26). The smallest absolute Gasteiger partial charge is 0.229 e. The monoisotopic (exact) mass is 437 g/mol. The summed E-state index contributed by atoms with van der Waals surface area (Å²) in [7, 11) is 1.63. The van der Waals surface area contributed by atoms with Crippen molar-refractivity contribution in [2.45, 2.75) is 20.3 Å². The highest BCUT2D eigenvalue weighted by Crippen LogP contribution is 2.29. The summed E-state index contributed by atoms with van der Waals surface area (Å²) in [5, 5.41) is 12.9. The quantitative estimate of drug-likeness (QED) is 0.633. The first-order valence-electron chi connectivity index (χ1n) is 10.4. The molecule has 0 atom stereocenters. The first kappa shape index (κ1) is 21.1. The molecule has 162 valence electrons. The molecular formula is C23H27N5O2S. The van der Waals surface area contributed by atoms with Gasteiger partial charge in [0, 0.05) is 31.9 Å². The average molecular weight is 438 g/mol. The minimum absolute atomic E-state index is 0.0978. The third-order valence-electron chi connectivity index (χ3n) is 5.67. The van der Waals surface area contributed by atoms with Crippen molar-refractivity contribution >= 4 is 33.8 Å². The Bertz CT molecular complexity index is 1060. The van der Waals surface area contributed by atoms with Crippen LogP contribution < -0.4 is 15.0 Å². The van der Waals surface area contributed by atoms with Gasteiger partial charge in [0.1, 0.15) is 10.8 Å². The van der Waals surface area contributed by atoms with Gasteiger partial charge in [-0.3, -0.25) is 4.79 Å². The fourth-order valence-corrected chi connectivity index (χ4v) is 4.50. The van der Waals surface area contributed by atoms with E-state index < -0.39 is 0 Å². The summed E-state index contributed by atoms with van der Waals surface area (Å²) in [5.41, 5.74) is 4.70. The van der Waals surface area contributed by atoms with E-state index in [4.69, 9.17) is 4.74 Å². The summed E-state index contributed by atoms with van der Waals surface area (Å²) in [5.74, 6) is 0.831. The molecule has 0 bridgehead atoms. The number of aromatic nitrogens is 2. The Morgan fingerprint density at radius 3 is 2.61 bits per heavy atom. The number of aryl methyl sites for hydroxylation is 1. The number of hydrogen-bond acceptors (Lipinski definition) is 7. The zero-order valence-electron chi connectivity index (χ0n) is 18.1. The fourth-order valence-electron chi connectivity index (χ4n) is 3.75. The van der Waals surface area contributed by atoms with Crippen LogP contribution in [0.4, 0.5) is 16.5 Å². The fraction of sp³-hybridized carbons (Fsp3) is 0.348. The van der Waals surface area contributed by atoms with Crippen LogP contribution in [0.15, 0.2) is 42.5 Å². The van der Waals surface area contributed by atoms with Crippen LogP contribution in [0, 0.1) is 13.8 Å². The molecule has 0 radical (unpaired) electrons. The Kier molecular flexibility index (Phi) is 6.36. The molecule has 0 saturated carbocycles. The zero-order valence-corrected chi connectivity index (χ0v) is 18.9. The lowest BCUT2D eigenvalue weighted by molar-refractivity contribution is -0.130. The van der Waals surface area contributed by atoms with Crippen LogP contribution in [0.25, 0.3) is 0 Å². The first-order valence-corrected chi connectivity index (χ1v) is 11.2. The summed E-state index contributed by atoms with van der Waals surface area (Å²) >= 11 is 1.39. The second kappa shape index (κ2) is 9.34. The molecule has 2 heterocycles. The molecule has 0 spiro atoms. The summed E-state index contributed by atoms with van der Waals surface area (Å²) in [6, 6.07) is 14.0. The molecule has 1 aliphatic rings. The molecule has 1 saturated heterocycles. The van der Waals surface area contributed by atoms with Gasteiger partial charge >= 0.3 is 0 Å². The number of carbonyl (C=O) groups excluding carboxylic acids is 1. The van der Waals surface area contributed by atoms with Crippen LogP contribution in [0.1, 0.15) is 16.1 Å². The van der Waals surface area contributed by atoms with E-state index in [-0.39, 0.29) is 12.3 Å². The molecule has 1 fully saturated rings. The Morgan fingerprint density at radius 1 is 1.06 bits per heavy atom. The molecule has 1 aliphatic heterocycles. The Balaban J connectivity index is 1.33. The molecule has 0 unspecified atom stereocenters. The van der Waals surface area contributed by atoms with Crippen molar-refractivity contribution in [3.8, 4) is 5.75 Å². The van der Waals surface area contributed by atoms with Crippen molar-refractivity contribution in [2.24, 2.45) is 0 Å². The lowest BCUT2D eigenvalue weighted by Crippen LogP contribution is -2.49. The summed E-state index contributed by atoms with van der Waals surface area (Å²) in [6.07, 6.45) is 0.273. The van der Waals surface area contributed by atoms with Gasteiger partial charge in [0.2, 0.25) is 11.0 Å². The lowest BCUT2D eigenvalue weighted by atomic mass is 10.1. The number of amides is 1. The zero-order chi connectivity index (χ0) is 21.8. The minimum Gasteiger partial charge on any atom is -0.495 e. The van der Waals surface area contributed by atoms with E-state index in [0.717, 1.165) is 37.6 Å². The van der Waals surface area contributed by atoms with Gasteiger partial charge in [-0.1, -0.05) is 35.6 Å². The predicted molar refractivity (Wildman–Crippen MR) is 125 cm³/mol. The van der Waals surface area contributed by atoms with E-state index in [0.29, 0.717) is 10.1 Å². The van der Waals surface area contributed by atoms with Gasteiger partial charge in [-0.05, 0) is 43.2 Å². The average Bonchev–Trinajstić information content (AvgIpc) is 3.23. The van der Waals surface area contributed by atoms with Crippen LogP contribution >= 0.6 is 11.3 Å². The normalized spacial score (nSPS) is 13.9. The number of ether oxygens (including phenoxy) is 1. The molecule has 7 nitrogen and oxygen atoms in total. The van der Waals surface area contributed by atoms with E-state index in [1.54, 1.807) is 7.11 Å². The molecule has 1 amide bonds. The molecule has 4 rings (SSSR count). The highest BCUT2D eigenvalue weighted by molar-refractivity contribution is 7.15. The van der Waals surface area contributed by atoms with E-state index in [2.05, 4.69) is 52.5 Å². The van der Waals surface area contributed by atoms with Crippen molar-refractivity contribution < 1.29 is 9.53 Å². The van der Waals surface area contributed by atoms with Crippen LogP contribution in [0.3, 0.4) is 0 Å². The maximum Gasteiger partial charge on any atom is 0.229 e. The van der Waals surface area contributed by atoms with Gasteiger partial charge in [0.25, 0.3) is 0 Å². The summed E-state index contributed by atoms with van der Waals surface area (Å²) in [4.78, 5) is 17.1. The maximum atomic E-state index is 12.8. The maximum absolute atomic E-state index is 12.8. The van der Waals surface area contributed by atoms with Gasteiger partial charge in [0.15, 0.2) is 0 Å². The van der Waals surface area contributed by atoms with Crippen molar-refractivity contribution in [1.29, 1.82) is 0 Å². The van der Waals surface area contributed by atoms with E-state index in [9.17, 15) is 4.79 Å². The van der Waals surface area contributed by atoms with Crippen molar-refractivity contribution in [3.63, 3.8) is 0 Å². The van der Waals surface area contributed by atoms with E-state index >= 15 is 0 Å². The number of anilines is 3. The Morgan fingerprint density at radius 2 is 1.84 bits per heavy atom. The second-order valence-electron chi connectivity index (χ2n) is 7.59. The lowest BCUT2D eigenvalue weighted by Gasteiger charge is -2.37. The number of rotatable bonds is 6. The molecule has 8 heteroatoms. The van der Waals surface area contributed by atoms with Gasteiger partial charge in [0.05, 0.1) is 19.2 Å². The van der Waals surface area contributed by atoms with Gasteiger partial charge in [-0.15, -0.1) is 10.2 Å². The third-order valence-corrected chi connectivity index (χ3v) is 6.51. The number of para-hydroxylation sites is 2. The number of benzene rings is 2. The predicted octanol–water partition coefficient (Wildman–Crippen LogP) is 3.80. The Hall–Kier alpha value is -3.13. The second-order valence-corrected chi connectivity index (χ2v) is 8.65. The van der Waals surface area contributed by atoms with Crippen LogP contribution in [0.5, 0.6) is 5.75 Å². The van der Waals surface area contributed by atoms with Gasteiger partial charge < -0.3 is 19.9 Å². The molecular weight excluding hydrogens is 410 g/mol. The highest BCUT2D eigenvalue weighted by atomic mass is 32.1. The van der Waals surface area contributed by atoms with Crippen LogP contribution in [-0.4, -0.2) is 54.3 Å². The summed E-state index contributed by atoms with van der Waals surface area (Å²) in [6.45, 7) is 7.42. The highest BCUT2D eigenvalue weighted by Gasteiger charge is 2.23. The number of hydrogen-bond donors (Lipinski definition) is 1. The van der Waals surface area contributed by atoms with E-state index in [1.165, 1.54) is 28.2 Å². The largest absolute Gasteiger partial charge is 0.495 e. The SMILES string of the molecule is COc1ccccc1Nc1nnc(CC(=O)N2CCN(c3cccc(C)c3C)CC2)s1. The molecule has 3 aromatic rings. The number of carbonyl (C=O) groups is 1. The van der Waals surface area contributed by atoms with Crippen molar-refractivity contribution in [1.82, 2.24) is 15.1 Å². The van der Waals surface area contributed by atoms with E-state index in [1.807, 2.05) is 29.2 Å². The molecule has 0 aliphatic carbocycles. The van der Waals surface area contributed by atoms with Crippen LogP contribution in [0.2, 0.25) is 0 Å². The minimum atomic E-state index is 0.0978. The van der Waals surface area contributed by atoms with Crippen LogP contribution in [-0.2, 0) is 11.2 Å². The number of piperazine rings is 1. The van der Waals surface area contributed by atoms with Crippen molar-refractivity contribution in [3.05, 3.63) is 58.6 Å². The van der Waals surface area contributed by atoms with Crippen molar-refractivity contribution in [2.75, 3.05) is 43.5 Å². The number of methoxy groups -OCH3 is 1. The first-order chi connectivity index (χ1) is 15.0. The third kappa shape index (κ3) is 4.80. The molecule has 1 N–H and O–H groups in total. The topological polar surface area (TPSA) is 70.6 Å². The van der Waals surface area contributed by atoms with Gasteiger partial charge in [-0.2, -0.15) is 0 Å². The molecule has 31 heavy (non-hydrogen) atoms. The molecule has 1 aromatic heterocycles. The summed E-state index contributed by atoms with van der Waals surface area (Å²) < 4.78 is 5.35. The number of nitrogens with zero attached hydrogens (tertiary/aromatic N) is 4. The Labute approximate surface area is 186 Å². The molecule has 2 aromatic carbocycles. The van der Waals surface area contributed by atoms with Gasteiger partial charge in [-0.25, -0.2) is 0 Å². The number of nitrogens with one attached hydrogen (secondary N) is 1.